The fraction of sp³-hybridized carbons (Fsp3) is 0.739. The van der Waals surface area contributed by atoms with Crippen molar-refractivity contribution in [1.82, 2.24) is 0 Å². The van der Waals surface area contributed by atoms with Crippen molar-refractivity contribution in [2.24, 2.45) is 22.2 Å². The van der Waals surface area contributed by atoms with Gasteiger partial charge < -0.3 is 10.1 Å². The lowest BCUT2D eigenvalue weighted by atomic mass is 9.40. The van der Waals surface area contributed by atoms with Gasteiger partial charge in [-0.05, 0) is 87.0 Å². The van der Waals surface area contributed by atoms with Crippen molar-refractivity contribution in [3.05, 3.63) is 16.0 Å². The van der Waals surface area contributed by atoms with E-state index in [1.807, 2.05) is 6.92 Å². The molecule has 0 aromatic carbocycles. The smallest absolute Gasteiger partial charge is 0.341 e. The lowest BCUT2D eigenvalue weighted by Gasteiger charge is -2.64. The first kappa shape index (κ1) is 18.7. The van der Waals surface area contributed by atoms with E-state index >= 15 is 0 Å². The molecule has 1 aromatic rings. The van der Waals surface area contributed by atoms with Crippen LogP contribution in [0, 0.1) is 22.2 Å². The highest BCUT2D eigenvalue weighted by atomic mass is 32.1. The summed E-state index contributed by atoms with van der Waals surface area (Å²) < 4.78 is 5.33. The van der Waals surface area contributed by atoms with Gasteiger partial charge in [0.2, 0.25) is 5.91 Å². The lowest BCUT2D eigenvalue weighted by molar-refractivity contribution is -0.165. The monoisotopic (exact) mass is 401 g/mol. The molecule has 28 heavy (non-hydrogen) atoms. The zero-order valence-electron chi connectivity index (χ0n) is 17.3. The third-order valence-electron chi connectivity index (χ3n) is 7.74. The number of hydrogen-bond donors (Lipinski definition) is 1. The minimum atomic E-state index is -0.276. The van der Waals surface area contributed by atoms with Gasteiger partial charge in [-0.1, -0.05) is 13.8 Å². The first-order valence-corrected chi connectivity index (χ1v) is 11.7. The van der Waals surface area contributed by atoms with Crippen molar-refractivity contribution < 1.29 is 14.3 Å². The van der Waals surface area contributed by atoms with Gasteiger partial charge in [0, 0.05) is 4.88 Å². The second-order valence-corrected chi connectivity index (χ2v) is 11.8. The molecular weight excluding hydrogens is 370 g/mol. The van der Waals surface area contributed by atoms with Gasteiger partial charge in [-0.15, -0.1) is 11.3 Å². The molecule has 0 saturated heterocycles. The first-order valence-electron chi connectivity index (χ1n) is 10.9. The van der Waals surface area contributed by atoms with E-state index in [-0.39, 0.29) is 17.3 Å². The number of fused-ring (bicyclic) bond motifs is 1. The van der Waals surface area contributed by atoms with Crippen LogP contribution in [0.1, 0.15) is 86.5 Å². The third-order valence-corrected chi connectivity index (χ3v) is 8.94. The number of rotatable bonds is 4. The number of hydrogen-bond acceptors (Lipinski definition) is 4. The molecule has 1 heterocycles. The van der Waals surface area contributed by atoms with E-state index in [4.69, 9.17) is 4.74 Å². The maximum Gasteiger partial charge on any atom is 0.341 e. The molecule has 0 aliphatic heterocycles. The van der Waals surface area contributed by atoms with Crippen LogP contribution in [-0.2, 0) is 22.4 Å². The van der Waals surface area contributed by atoms with Crippen molar-refractivity contribution in [1.29, 1.82) is 0 Å². The van der Waals surface area contributed by atoms with Crippen LogP contribution in [0.4, 0.5) is 5.00 Å². The first-order chi connectivity index (χ1) is 13.2. The van der Waals surface area contributed by atoms with Gasteiger partial charge in [0.05, 0.1) is 17.6 Å². The molecule has 0 radical (unpaired) electrons. The van der Waals surface area contributed by atoms with E-state index in [0.29, 0.717) is 28.9 Å². The van der Waals surface area contributed by atoms with Crippen LogP contribution in [-0.4, -0.2) is 18.5 Å². The van der Waals surface area contributed by atoms with Crippen LogP contribution in [0.25, 0.3) is 0 Å². The molecule has 1 amide bonds. The number of anilines is 1. The van der Waals surface area contributed by atoms with E-state index in [9.17, 15) is 9.59 Å². The highest BCUT2D eigenvalue weighted by molar-refractivity contribution is 7.17. The van der Waals surface area contributed by atoms with Gasteiger partial charge in [0.1, 0.15) is 5.00 Å². The minimum absolute atomic E-state index is 0.152. The van der Waals surface area contributed by atoms with Gasteiger partial charge in [-0.25, -0.2) is 4.79 Å². The number of amides is 1. The molecule has 4 nitrogen and oxygen atoms in total. The Labute approximate surface area is 171 Å². The molecule has 5 heteroatoms. The number of carbonyl (C=O) groups is 2. The average Bonchev–Trinajstić information content (AvgIpc) is 3.11. The zero-order chi connectivity index (χ0) is 19.7. The van der Waals surface area contributed by atoms with Crippen LogP contribution in [0.3, 0.4) is 0 Å². The Morgan fingerprint density at radius 2 is 1.82 bits per heavy atom. The molecule has 5 aliphatic carbocycles. The van der Waals surface area contributed by atoms with Crippen molar-refractivity contribution in [2.45, 2.75) is 78.6 Å². The predicted octanol–water partition coefficient (Wildman–Crippen LogP) is 5.35. The highest BCUT2D eigenvalue weighted by Crippen LogP contribution is 2.69. The van der Waals surface area contributed by atoms with Crippen LogP contribution in [0.2, 0.25) is 0 Å². The van der Waals surface area contributed by atoms with Gasteiger partial charge in [0.15, 0.2) is 0 Å². The number of ether oxygens (including phenoxy) is 1. The quantitative estimate of drug-likeness (QED) is 0.692. The van der Waals surface area contributed by atoms with Gasteiger partial charge in [-0.2, -0.15) is 0 Å². The Bertz CT molecular complexity index is 838. The summed E-state index contributed by atoms with van der Waals surface area (Å²) in [6.07, 6.45) is 9.83. The normalized spacial score (nSPS) is 37.8. The summed E-state index contributed by atoms with van der Waals surface area (Å²) in [7, 11) is 0. The summed E-state index contributed by atoms with van der Waals surface area (Å²) in [6, 6.07) is 0. The molecule has 5 aliphatic rings. The van der Waals surface area contributed by atoms with Gasteiger partial charge in [-0.3, -0.25) is 4.79 Å². The summed E-state index contributed by atoms with van der Waals surface area (Å²) in [6.45, 7) is 6.97. The average molecular weight is 402 g/mol. The van der Waals surface area contributed by atoms with Crippen LogP contribution in [0.15, 0.2) is 0 Å². The maximum absolute atomic E-state index is 13.7. The number of thiophene rings is 1. The zero-order valence-corrected chi connectivity index (χ0v) is 18.1. The molecule has 1 N–H and O–H groups in total. The molecule has 4 saturated carbocycles. The largest absolute Gasteiger partial charge is 0.462 e. The number of carbonyl (C=O) groups excluding carboxylic acids is 2. The predicted molar refractivity (Wildman–Crippen MR) is 111 cm³/mol. The fourth-order valence-corrected chi connectivity index (χ4v) is 9.12. The summed E-state index contributed by atoms with van der Waals surface area (Å²) >= 11 is 1.60. The van der Waals surface area contributed by atoms with E-state index < -0.39 is 0 Å². The van der Waals surface area contributed by atoms with E-state index in [2.05, 4.69) is 19.2 Å². The van der Waals surface area contributed by atoms with E-state index in [0.717, 1.165) is 49.1 Å². The summed E-state index contributed by atoms with van der Waals surface area (Å²) in [5, 5.41) is 3.98. The van der Waals surface area contributed by atoms with Crippen LogP contribution < -0.4 is 5.32 Å². The van der Waals surface area contributed by atoms with Gasteiger partial charge in [0.25, 0.3) is 0 Å². The minimum Gasteiger partial charge on any atom is -0.462 e. The Balaban J connectivity index is 1.46. The number of esters is 1. The Kier molecular flexibility index (Phi) is 4.04. The van der Waals surface area contributed by atoms with Crippen molar-refractivity contribution in [3.8, 4) is 0 Å². The Morgan fingerprint density at radius 1 is 1.11 bits per heavy atom. The fourth-order valence-electron chi connectivity index (χ4n) is 7.85. The van der Waals surface area contributed by atoms with Crippen molar-refractivity contribution in [3.63, 3.8) is 0 Å². The molecule has 4 fully saturated rings. The van der Waals surface area contributed by atoms with Crippen molar-refractivity contribution >= 4 is 28.2 Å². The molecule has 1 aromatic heterocycles. The van der Waals surface area contributed by atoms with Crippen molar-refractivity contribution in [2.75, 3.05) is 11.9 Å². The van der Waals surface area contributed by atoms with Crippen LogP contribution >= 0.6 is 11.3 Å². The Hall–Kier alpha value is -1.36. The second-order valence-electron chi connectivity index (χ2n) is 10.6. The Morgan fingerprint density at radius 3 is 2.46 bits per heavy atom. The summed E-state index contributed by atoms with van der Waals surface area (Å²) in [5.74, 6) is 0.552. The lowest BCUT2D eigenvalue weighted by Crippen LogP contribution is -2.58. The maximum atomic E-state index is 13.7. The molecule has 0 unspecified atom stereocenters. The molecule has 6 rings (SSSR count). The van der Waals surface area contributed by atoms with Crippen LogP contribution in [0.5, 0.6) is 0 Å². The second kappa shape index (κ2) is 6.07. The third kappa shape index (κ3) is 2.76. The SMILES string of the molecule is CCOC(=O)c1c(NC(=O)C23CC4C[C@@](C)(C2)C[C@@](C)(C4)C3)sc2c1CCC2. The standard InChI is InChI=1S/C23H31NO3S/c1-4-27-19(25)17-15-6-5-7-16(15)28-18(17)24-20(26)23-10-14-8-21(2,12-23)11-22(3,9-14)13-23/h14H,4-13H2,1-3H3,(H,24,26)/t14?,21-,22-,23?/m1/s1. The van der Waals surface area contributed by atoms with Gasteiger partial charge >= 0.3 is 5.97 Å². The molecule has 4 bridgehead atoms. The molecule has 0 spiro atoms. The molecular formula is C23H31NO3S. The summed E-state index contributed by atoms with van der Waals surface area (Å²) in [5.41, 5.74) is 2.08. The molecule has 2 atom stereocenters. The van der Waals surface area contributed by atoms with E-state index in [1.165, 1.54) is 24.1 Å². The number of aryl methyl sites for hydroxylation is 1. The molecule has 152 valence electrons. The number of nitrogens with one attached hydrogen (secondary N) is 1. The van der Waals surface area contributed by atoms with E-state index in [1.54, 1.807) is 11.3 Å². The highest BCUT2D eigenvalue weighted by Gasteiger charge is 2.62. The summed E-state index contributed by atoms with van der Waals surface area (Å²) in [4.78, 5) is 27.6. The topological polar surface area (TPSA) is 55.4 Å².